The molecule has 0 unspecified atom stereocenters. The van der Waals surface area contributed by atoms with Gasteiger partial charge in [-0.3, -0.25) is 9.69 Å². The van der Waals surface area contributed by atoms with Crippen LogP contribution < -0.4 is 4.74 Å². The monoisotopic (exact) mass is 450 g/mol. The zero-order valence-corrected chi connectivity index (χ0v) is 19.1. The third-order valence-electron chi connectivity index (χ3n) is 5.37. The number of hydrogen-bond donors (Lipinski definition) is 0. The molecule has 0 N–H and O–H groups in total. The van der Waals surface area contributed by atoms with Gasteiger partial charge in [-0.05, 0) is 17.7 Å². The van der Waals surface area contributed by atoms with Crippen molar-refractivity contribution in [1.29, 1.82) is 0 Å². The molecule has 170 valence electrons. The maximum Gasteiger partial charge on any atom is 0.237 e. The van der Waals surface area contributed by atoms with Gasteiger partial charge >= 0.3 is 0 Å². The van der Waals surface area contributed by atoms with Crippen molar-refractivity contribution in [3.05, 3.63) is 41.7 Å². The second kappa shape index (κ2) is 10.3. The number of imidazole rings is 1. The van der Waals surface area contributed by atoms with Crippen LogP contribution in [0.25, 0.3) is 0 Å². The molecule has 2 aromatic rings. The summed E-state index contributed by atoms with van der Waals surface area (Å²) < 4.78 is 36.9. The van der Waals surface area contributed by atoms with E-state index in [-0.39, 0.29) is 23.4 Å². The Morgan fingerprint density at radius 2 is 1.97 bits per heavy atom. The molecule has 10 heteroatoms. The van der Waals surface area contributed by atoms with E-state index in [1.807, 2.05) is 34.1 Å². The third kappa shape index (κ3) is 5.63. The minimum atomic E-state index is -3.45. The summed E-state index contributed by atoms with van der Waals surface area (Å²) in [5, 5.41) is 0.0602. The van der Waals surface area contributed by atoms with E-state index in [0.717, 1.165) is 17.0 Å². The summed E-state index contributed by atoms with van der Waals surface area (Å²) in [5.41, 5.74) is 1.78. The molecule has 31 heavy (non-hydrogen) atoms. The number of hydrogen-bond acceptors (Lipinski definition) is 7. The first-order valence-corrected chi connectivity index (χ1v) is 11.9. The minimum Gasteiger partial charge on any atom is -0.497 e. The molecule has 1 fully saturated rings. The average molecular weight is 451 g/mol. The van der Waals surface area contributed by atoms with Crippen molar-refractivity contribution in [3.8, 4) is 5.75 Å². The summed E-state index contributed by atoms with van der Waals surface area (Å²) in [6, 6.07) is 7.71. The molecule has 1 aliphatic heterocycles. The normalized spacial score (nSPS) is 15.5. The summed E-state index contributed by atoms with van der Waals surface area (Å²) in [6.45, 7) is 4.93. The lowest BCUT2D eigenvalue weighted by molar-refractivity contribution is -0.136. The van der Waals surface area contributed by atoms with Crippen LogP contribution in [0.15, 0.2) is 35.6 Å². The summed E-state index contributed by atoms with van der Waals surface area (Å²) in [4.78, 5) is 20.8. The van der Waals surface area contributed by atoms with E-state index in [0.29, 0.717) is 39.3 Å². The molecule has 2 heterocycles. The second-order valence-electron chi connectivity index (χ2n) is 7.46. The molecule has 0 atom stereocenters. The standard InChI is InChI=1S/C21H30N4O5S/c1-4-31(27,28)21-22-13-18(25(21)10-11-29-2)15-23-8-9-24(20(26)16-23)14-17-6-5-7-19(12-17)30-3/h5-7,12-13H,4,8-11,14-16H2,1-3H3. The Kier molecular flexibility index (Phi) is 7.69. The SMILES string of the molecule is CCS(=O)(=O)c1ncc(CN2CCN(Cc3cccc(OC)c3)C(=O)C2)n1CCOC. The van der Waals surface area contributed by atoms with Gasteiger partial charge in [-0.25, -0.2) is 13.4 Å². The van der Waals surface area contributed by atoms with Gasteiger partial charge in [0.05, 0.1) is 37.9 Å². The van der Waals surface area contributed by atoms with Gasteiger partial charge in [-0.15, -0.1) is 0 Å². The lowest BCUT2D eigenvalue weighted by Crippen LogP contribution is -2.49. The zero-order chi connectivity index (χ0) is 22.4. The molecular weight excluding hydrogens is 420 g/mol. The minimum absolute atomic E-state index is 0.0160. The van der Waals surface area contributed by atoms with Crippen LogP contribution in [0.3, 0.4) is 0 Å². The van der Waals surface area contributed by atoms with Crippen LogP contribution in [0.1, 0.15) is 18.2 Å². The van der Waals surface area contributed by atoms with Crippen LogP contribution in [0.2, 0.25) is 0 Å². The smallest absolute Gasteiger partial charge is 0.237 e. The van der Waals surface area contributed by atoms with Crippen molar-refractivity contribution in [2.24, 2.45) is 0 Å². The molecule has 1 aromatic carbocycles. The molecule has 0 aliphatic carbocycles. The van der Waals surface area contributed by atoms with Gasteiger partial charge in [0, 0.05) is 39.8 Å². The lowest BCUT2D eigenvalue weighted by atomic mass is 10.2. The number of methoxy groups -OCH3 is 2. The molecule has 3 rings (SSSR count). The van der Waals surface area contributed by atoms with Gasteiger partial charge in [0.1, 0.15) is 5.75 Å². The molecular formula is C21H30N4O5S. The van der Waals surface area contributed by atoms with Crippen LogP contribution in [0, 0.1) is 0 Å². The summed E-state index contributed by atoms with van der Waals surface area (Å²) in [5.74, 6) is 0.793. The first-order chi connectivity index (χ1) is 14.9. The first kappa shape index (κ1) is 23.2. The maximum atomic E-state index is 12.7. The van der Waals surface area contributed by atoms with E-state index in [1.54, 1.807) is 31.9 Å². The topological polar surface area (TPSA) is 94.0 Å². The van der Waals surface area contributed by atoms with E-state index in [1.165, 1.54) is 0 Å². The van der Waals surface area contributed by atoms with Crippen LogP contribution in [0.4, 0.5) is 0 Å². The number of benzene rings is 1. The van der Waals surface area contributed by atoms with Gasteiger partial charge in [-0.1, -0.05) is 19.1 Å². The lowest BCUT2D eigenvalue weighted by Gasteiger charge is -2.34. The van der Waals surface area contributed by atoms with Gasteiger partial charge in [-0.2, -0.15) is 0 Å². The molecule has 1 aromatic heterocycles. The number of amides is 1. The molecule has 0 spiro atoms. The maximum absolute atomic E-state index is 12.7. The molecule has 0 saturated carbocycles. The fraction of sp³-hybridized carbons (Fsp3) is 0.524. The van der Waals surface area contributed by atoms with Gasteiger partial charge in [0.15, 0.2) is 0 Å². The molecule has 9 nitrogen and oxygen atoms in total. The predicted molar refractivity (Wildman–Crippen MR) is 116 cm³/mol. The van der Waals surface area contributed by atoms with E-state index in [9.17, 15) is 13.2 Å². The number of rotatable bonds is 10. The van der Waals surface area contributed by atoms with Crippen molar-refractivity contribution in [2.75, 3.05) is 46.2 Å². The zero-order valence-electron chi connectivity index (χ0n) is 18.3. The Bertz CT molecular complexity index is 1000. The van der Waals surface area contributed by atoms with Gasteiger partial charge < -0.3 is 18.9 Å². The van der Waals surface area contributed by atoms with Crippen molar-refractivity contribution >= 4 is 15.7 Å². The number of sulfone groups is 1. The first-order valence-electron chi connectivity index (χ1n) is 10.3. The number of ether oxygens (including phenoxy) is 2. The number of piperazine rings is 1. The summed E-state index contributed by atoms with van der Waals surface area (Å²) >= 11 is 0. The summed E-state index contributed by atoms with van der Waals surface area (Å²) in [7, 11) is -0.250. The Balaban J connectivity index is 1.67. The van der Waals surface area contributed by atoms with Gasteiger partial charge in [0.25, 0.3) is 0 Å². The highest BCUT2D eigenvalue weighted by Gasteiger charge is 2.27. The molecule has 1 saturated heterocycles. The number of carbonyl (C=O) groups is 1. The highest BCUT2D eigenvalue weighted by atomic mass is 32.2. The molecule has 1 amide bonds. The number of nitrogens with zero attached hydrogens (tertiary/aromatic N) is 4. The largest absolute Gasteiger partial charge is 0.497 e. The van der Waals surface area contributed by atoms with E-state index in [4.69, 9.17) is 9.47 Å². The van der Waals surface area contributed by atoms with Crippen LogP contribution in [-0.4, -0.2) is 79.9 Å². The van der Waals surface area contributed by atoms with E-state index < -0.39 is 9.84 Å². The quantitative estimate of drug-likeness (QED) is 0.536. The summed E-state index contributed by atoms with van der Waals surface area (Å²) in [6.07, 6.45) is 1.59. The Morgan fingerprint density at radius 1 is 1.16 bits per heavy atom. The van der Waals surface area contributed by atoms with Crippen molar-refractivity contribution in [1.82, 2.24) is 19.4 Å². The van der Waals surface area contributed by atoms with E-state index >= 15 is 0 Å². The fourth-order valence-corrected chi connectivity index (χ4v) is 4.61. The second-order valence-corrected chi connectivity index (χ2v) is 9.63. The number of aromatic nitrogens is 2. The van der Waals surface area contributed by atoms with Crippen LogP contribution >= 0.6 is 0 Å². The Labute approximate surface area is 183 Å². The fourth-order valence-electron chi connectivity index (χ4n) is 3.60. The highest BCUT2D eigenvalue weighted by Crippen LogP contribution is 2.18. The predicted octanol–water partition coefficient (Wildman–Crippen LogP) is 1.18. The number of carbonyl (C=O) groups excluding carboxylic acids is 1. The highest BCUT2D eigenvalue weighted by molar-refractivity contribution is 7.91. The average Bonchev–Trinajstić information content (AvgIpc) is 3.17. The van der Waals surface area contributed by atoms with Crippen LogP contribution in [-0.2, 0) is 39.0 Å². The molecule has 1 aliphatic rings. The van der Waals surface area contributed by atoms with Crippen molar-refractivity contribution < 1.29 is 22.7 Å². The molecule has 0 bridgehead atoms. The third-order valence-corrected chi connectivity index (χ3v) is 7.01. The Hall–Kier alpha value is -2.43. The van der Waals surface area contributed by atoms with Gasteiger partial charge in [0.2, 0.25) is 20.9 Å². The molecule has 0 radical (unpaired) electrons. The Morgan fingerprint density at radius 3 is 2.65 bits per heavy atom. The van der Waals surface area contributed by atoms with Crippen molar-refractivity contribution in [3.63, 3.8) is 0 Å². The van der Waals surface area contributed by atoms with E-state index in [2.05, 4.69) is 4.98 Å². The van der Waals surface area contributed by atoms with Crippen molar-refractivity contribution in [2.45, 2.75) is 31.7 Å². The van der Waals surface area contributed by atoms with Crippen LogP contribution in [0.5, 0.6) is 5.75 Å².